The van der Waals surface area contributed by atoms with Crippen molar-refractivity contribution in [3.05, 3.63) is 66.5 Å². The van der Waals surface area contributed by atoms with E-state index in [-0.39, 0.29) is 4.90 Å². The molecule has 2 amide bonds. The van der Waals surface area contributed by atoms with Crippen molar-refractivity contribution in [1.29, 1.82) is 0 Å². The van der Waals surface area contributed by atoms with Crippen molar-refractivity contribution in [2.45, 2.75) is 17.9 Å². The molecule has 1 heterocycles. The molecule has 0 bridgehead atoms. The van der Waals surface area contributed by atoms with E-state index in [1.54, 1.807) is 6.08 Å². The normalized spacial score (nSPS) is 12.5. The number of hydrogen-bond donors (Lipinski definition) is 2. The van der Waals surface area contributed by atoms with Gasteiger partial charge in [-0.05, 0) is 30.7 Å². The number of benzene rings is 1. The van der Waals surface area contributed by atoms with Gasteiger partial charge in [-0.1, -0.05) is 30.3 Å². The Bertz CT molecular complexity index is 865. The Balaban J connectivity index is 1.94. The van der Waals surface area contributed by atoms with Crippen LogP contribution in [0.5, 0.6) is 0 Å². The summed E-state index contributed by atoms with van der Waals surface area (Å²) in [5.41, 5.74) is 0.828. The van der Waals surface area contributed by atoms with Gasteiger partial charge in [-0.25, -0.2) is 13.1 Å². The summed E-state index contributed by atoms with van der Waals surface area (Å²) in [6.07, 6.45) is 5.41. The number of pyridine rings is 1. The summed E-state index contributed by atoms with van der Waals surface area (Å²) in [5.74, 6) is -1.35. The number of hydrogen-bond acceptors (Lipinski definition) is 5. The van der Waals surface area contributed by atoms with Crippen LogP contribution in [0.3, 0.4) is 0 Å². The Labute approximate surface area is 145 Å². The first-order valence-corrected chi connectivity index (χ1v) is 8.87. The van der Waals surface area contributed by atoms with Crippen LogP contribution in [0.15, 0.2) is 65.8 Å². The maximum atomic E-state index is 12.0. The number of sulfonamides is 1. The lowest BCUT2D eigenvalue weighted by Gasteiger charge is -2.13. The van der Waals surface area contributed by atoms with Gasteiger partial charge in [-0.15, -0.1) is 0 Å². The Morgan fingerprint density at radius 2 is 1.84 bits per heavy atom. The molecule has 2 aromatic rings. The minimum absolute atomic E-state index is 0.133. The SMILES string of the molecule is CC(NC(=O)C=Cc1ccccc1)C(=O)NS(=O)(=O)c1cccnc1. The zero-order valence-electron chi connectivity index (χ0n) is 13.4. The fourth-order valence-electron chi connectivity index (χ4n) is 1.85. The van der Waals surface area contributed by atoms with Gasteiger partial charge in [-0.3, -0.25) is 14.6 Å². The van der Waals surface area contributed by atoms with Crippen LogP contribution in [0.4, 0.5) is 0 Å². The summed E-state index contributed by atoms with van der Waals surface area (Å²) in [6, 6.07) is 10.9. The van der Waals surface area contributed by atoms with Crippen LogP contribution < -0.4 is 10.0 Å². The highest BCUT2D eigenvalue weighted by Crippen LogP contribution is 2.05. The molecule has 0 saturated carbocycles. The van der Waals surface area contributed by atoms with Gasteiger partial charge >= 0.3 is 0 Å². The molecule has 2 rings (SSSR count). The highest BCUT2D eigenvalue weighted by molar-refractivity contribution is 7.90. The van der Waals surface area contributed by atoms with Crippen molar-refractivity contribution in [2.24, 2.45) is 0 Å². The van der Waals surface area contributed by atoms with Crippen molar-refractivity contribution in [3.63, 3.8) is 0 Å². The molecule has 25 heavy (non-hydrogen) atoms. The molecule has 0 radical (unpaired) electrons. The number of carbonyl (C=O) groups is 2. The molecule has 1 aromatic heterocycles. The predicted octanol–water partition coefficient (Wildman–Crippen LogP) is 1.10. The molecule has 1 aromatic carbocycles. The third-order valence-corrected chi connectivity index (χ3v) is 4.49. The summed E-state index contributed by atoms with van der Waals surface area (Å²) >= 11 is 0. The monoisotopic (exact) mass is 359 g/mol. The summed E-state index contributed by atoms with van der Waals surface area (Å²) in [6.45, 7) is 1.39. The lowest BCUT2D eigenvalue weighted by molar-refractivity contribution is -0.125. The number of rotatable bonds is 6. The lowest BCUT2D eigenvalue weighted by Crippen LogP contribution is -2.46. The minimum Gasteiger partial charge on any atom is -0.341 e. The topological polar surface area (TPSA) is 105 Å². The van der Waals surface area contributed by atoms with Crippen LogP contribution >= 0.6 is 0 Å². The zero-order valence-corrected chi connectivity index (χ0v) is 14.2. The van der Waals surface area contributed by atoms with E-state index in [2.05, 4.69) is 10.3 Å². The van der Waals surface area contributed by atoms with Gasteiger partial charge in [0.25, 0.3) is 15.9 Å². The largest absolute Gasteiger partial charge is 0.341 e. The molecule has 8 heteroatoms. The third kappa shape index (κ3) is 5.54. The third-order valence-electron chi connectivity index (χ3n) is 3.16. The van der Waals surface area contributed by atoms with Crippen LogP contribution in [0.25, 0.3) is 6.08 Å². The molecule has 0 saturated heterocycles. The van der Waals surface area contributed by atoms with E-state index in [9.17, 15) is 18.0 Å². The first-order valence-electron chi connectivity index (χ1n) is 7.39. The highest BCUT2D eigenvalue weighted by Gasteiger charge is 2.22. The standard InChI is InChI=1S/C17H17N3O4S/c1-13(19-16(21)10-9-14-6-3-2-4-7-14)17(22)20-25(23,24)15-8-5-11-18-12-15/h2-13H,1H3,(H,19,21)(H,20,22). The molecule has 2 N–H and O–H groups in total. The second-order valence-electron chi connectivity index (χ2n) is 5.13. The molecule has 130 valence electrons. The molecule has 1 atom stereocenters. The molecule has 0 aliphatic rings. The highest BCUT2D eigenvalue weighted by atomic mass is 32.2. The Kier molecular flexibility index (Phi) is 6.02. The summed E-state index contributed by atoms with van der Waals surface area (Å²) in [5, 5.41) is 2.41. The molecule has 0 spiro atoms. The first-order chi connectivity index (χ1) is 11.9. The van der Waals surface area contributed by atoms with Crippen molar-refractivity contribution < 1.29 is 18.0 Å². The Morgan fingerprint density at radius 1 is 1.12 bits per heavy atom. The number of aromatic nitrogens is 1. The van der Waals surface area contributed by atoms with Gasteiger partial charge in [0.2, 0.25) is 5.91 Å². The minimum atomic E-state index is -4.03. The number of carbonyl (C=O) groups excluding carboxylic acids is 2. The van der Waals surface area contributed by atoms with Crippen molar-refractivity contribution in [1.82, 2.24) is 15.0 Å². The molecular weight excluding hydrogens is 342 g/mol. The smallest absolute Gasteiger partial charge is 0.265 e. The zero-order chi connectivity index (χ0) is 18.3. The summed E-state index contributed by atoms with van der Waals surface area (Å²) in [7, 11) is -4.03. The first kappa shape index (κ1) is 18.3. The van der Waals surface area contributed by atoms with E-state index in [0.29, 0.717) is 0 Å². The van der Waals surface area contributed by atoms with Crippen LogP contribution in [0.2, 0.25) is 0 Å². The van der Waals surface area contributed by atoms with E-state index in [4.69, 9.17) is 0 Å². The van der Waals surface area contributed by atoms with Crippen LogP contribution in [-0.4, -0.2) is 31.3 Å². The maximum Gasteiger partial charge on any atom is 0.265 e. The molecule has 1 unspecified atom stereocenters. The number of nitrogens with one attached hydrogen (secondary N) is 2. The number of nitrogens with zero attached hydrogens (tertiary/aromatic N) is 1. The van der Waals surface area contributed by atoms with Crippen molar-refractivity contribution >= 4 is 27.9 Å². The van der Waals surface area contributed by atoms with Gasteiger partial charge in [-0.2, -0.15) is 0 Å². The molecule has 0 aliphatic carbocycles. The van der Waals surface area contributed by atoms with Crippen molar-refractivity contribution in [3.8, 4) is 0 Å². The Hall–Kier alpha value is -3.00. The quantitative estimate of drug-likeness (QED) is 0.752. The van der Waals surface area contributed by atoms with E-state index < -0.39 is 27.9 Å². The van der Waals surface area contributed by atoms with Crippen LogP contribution in [-0.2, 0) is 19.6 Å². The molecule has 0 fully saturated rings. The van der Waals surface area contributed by atoms with Crippen LogP contribution in [0, 0.1) is 0 Å². The van der Waals surface area contributed by atoms with E-state index in [1.807, 2.05) is 35.1 Å². The average Bonchev–Trinajstić information content (AvgIpc) is 2.61. The van der Waals surface area contributed by atoms with Gasteiger partial charge in [0.1, 0.15) is 10.9 Å². The Morgan fingerprint density at radius 3 is 2.48 bits per heavy atom. The van der Waals surface area contributed by atoms with Gasteiger partial charge in [0.15, 0.2) is 0 Å². The van der Waals surface area contributed by atoms with E-state index in [1.165, 1.54) is 31.3 Å². The van der Waals surface area contributed by atoms with Crippen LogP contribution in [0.1, 0.15) is 12.5 Å². The van der Waals surface area contributed by atoms with Gasteiger partial charge in [0.05, 0.1) is 0 Å². The summed E-state index contributed by atoms with van der Waals surface area (Å²) < 4.78 is 26.0. The predicted molar refractivity (Wildman–Crippen MR) is 92.6 cm³/mol. The fourth-order valence-corrected chi connectivity index (χ4v) is 2.87. The van der Waals surface area contributed by atoms with Gasteiger partial charge < -0.3 is 5.32 Å². The van der Waals surface area contributed by atoms with Crippen molar-refractivity contribution in [2.75, 3.05) is 0 Å². The number of amides is 2. The fraction of sp³-hybridized carbons (Fsp3) is 0.118. The molecule has 0 aliphatic heterocycles. The molecular formula is C17H17N3O4S. The lowest BCUT2D eigenvalue weighted by atomic mass is 10.2. The average molecular weight is 359 g/mol. The van der Waals surface area contributed by atoms with E-state index in [0.717, 1.165) is 11.8 Å². The van der Waals surface area contributed by atoms with E-state index >= 15 is 0 Å². The van der Waals surface area contributed by atoms with Gasteiger partial charge in [0, 0.05) is 18.5 Å². The summed E-state index contributed by atoms with van der Waals surface area (Å²) in [4.78, 5) is 27.4. The second kappa shape index (κ2) is 8.20. The maximum absolute atomic E-state index is 12.0. The second-order valence-corrected chi connectivity index (χ2v) is 6.82. The molecule has 7 nitrogen and oxygen atoms in total.